The maximum atomic E-state index is 4.19. The van der Waals surface area contributed by atoms with E-state index in [4.69, 9.17) is 0 Å². The van der Waals surface area contributed by atoms with Crippen molar-refractivity contribution in [1.29, 1.82) is 0 Å². The highest BCUT2D eigenvalue weighted by atomic mass is 15.2. The van der Waals surface area contributed by atoms with Crippen LogP contribution in [-0.2, 0) is 6.42 Å². The van der Waals surface area contributed by atoms with Crippen molar-refractivity contribution >= 4 is 5.82 Å². The van der Waals surface area contributed by atoms with Gasteiger partial charge in [0.15, 0.2) is 0 Å². The third-order valence-electron chi connectivity index (χ3n) is 3.19. The molecule has 1 aromatic heterocycles. The predicted octanol–water partition coefficient (Wildman–Crippen LogP) is 1.98. The SMILES string of the molecule is CCCc1ccc(NCCC2CCCN2)nn1. The zero-order valence-electron chi connectivity index (χ0n) is 10.6. The van der Waals surface area contributed by atoms with Crippen LogP contribution in [0.4, 0.5) is 5.82 Å². The highest BCUT2D eigenvalue weighted by molar-refractivity contribution is 5.32. The van der Waals surface area contributed by atoms with Gasteiger partial charge in [0.25, 0.3) is 0 Å². The summed E-state index contributed by atoms with van der Waals surface area (Å²) in [4.78, 5) is 0. The van der Waals surface area contributed by atoms with E-state index in [1.165, 1.54) is 25.8 Å². The van der Waals surface area contributed by atoms with E-state index in [-0.39, 0.29) is 0 Å². The second-order valence-corrected chi connectivity index (χ2v) is 4.67. The number of hydrogen-bond acceptors (Lipinski definition) is 4. The fourth-order valence-corrected chi connectivity index (χ4v) is 2.22. The fraction of sp³-hybridized carbons (Fsp3) is 0.692. The van der Waals surface area contributed by atoms with Crippen molar-refractivity contribution in [2.75, 3.05) is 18.4 Å². The summed E-state index contributed by atoms with van der Waals surface area (Å²) in [5.41, 5.74) is 1.08. The van der Waals surface area contributed by atoms with Crippen molar-refractivity contribution in [2.24, 2.45) is 0 Å². The van der Waals surface area contributed by atoms with Gasteiger partial charge in [0.05, 0.1) is 5.69 Å². The largest absolute Gasteiger partial charge is 0.369 e. The maximum Gasteiger partial charge on any atom is 0.148 e. The minimum atomic E-state index is 0.690. The van der Waals surface area contributed by atoms with Gasteiger partial charge in [0.1, 0.15) is 5.82 Å². The number of aryl methyl sites for hydroxylation is 1. The minimum Gasteiger partial charge on any atom is -0.369 e. The summed E-state index contributed by atoms with van der Waals surface area (Å²) >= 11 is 0. The first kappa shape index (κ1) is 12.3. The lowest BCUT2D eigenvalue weighted by atomic mass is 10.1. The van der Waals surface area contributed by atoms with Crippen molar-refractivity contribution < 1.29 is 0 Å². The lowest BCUT2D eigenvalue weighted by Gasteiger charge is -2.10. The molecular weight excluding hydrogens is 212 g/mol. The number of anilines is 1. The van der Waals surface area contributed by atoms with Gasteiger partial charge < -0.3 is 10.6 Å². The standard InChI is InChI=1S/C13H22N4/c1-2-4-12-6-7-13(17-16-12)15-10-8-11-5-3-9-14-11/h6-7,11,14H,2-5,8-10H2,1H3,(H,15,17). The van der Waals surface area contributed by atoms with Gasteiger partial charge >= 0.3 is 0 Å². The van der Waals surface area contributed by atoms with Crippen LogP contribution in [0.25, 0.3) is 0 Å². The summed E-state index contributed by atoms with van der Waals surface area (Å²) in [6.07, 6.45) is 5.92. The second kappa shape index (κ2) is 6.55. The third-order valence-corrected chi connectivity index (χ3v) is 3.19. The summed E-state index contributed by atoms with van der Waals surface area (Å²) in [5, 5.41) is 15.2. The highest BCUT2D eigenvalue weighted by Gasteiger charge is 2.12. The molecule has 94 valence electrons. The number of hydrogen-bond donors (Lipinski definition) is 2. The Morgan fingerprint density at radius 3 is 3.00 bits per heavy atom. The van der Waals surface area contributed by atoms with Crippen molar-refractivity contribution in [3.05, 3.63) is 17.8 Å². The second-order valence-electron chi connectivity index (χ2n) is 4.67. The summed E-state index contributed by atoms with van der Waals surface area (Å²) in [6, 6.07) is 4.78. The van der Waals surface area contributed by atoms with Gasteiger partial charge in [0, 0.05) is 12.6 Å². The third kappa shape index (κ3) is 3.97. The maximum absolute atomic E-state index is 4.19. The monoisotopic (exact) mass is 234 g/mol. The molecule has 1 unspecified atom stereocenters. The van der Waals surface area contributed by atoms with Gasteiger partial charge in [-0.3, -0.25) is 0 Å². The molecule has 0 aliphatic carbocycles. The molecule has 0 amide bonds. The molecule has 1 fully saturated rings. The molecule has 1 aliphatic heterocycles. The molecule has 0 spiro atoms. The average molecular weight is 234 g/mol. The van der Waals surface area contributed by atoms with Crippen LogP contribution in [0.3, 0.4) is 0 Å². The molecule has 1 saturated heterocycles. The Kier molecular flexibility index (Phi) is 4.74. The summed E-state index contributed by atoms with van der Waals surface area (Å²) < 4.78 is 0. The van der Waals surface area contributed by atoms with Gasteiger partial charge in [-0.15, -0.1) is 5.10 Å². The lowest BCUT2D eigenvalue weighted by Crippen LogP contribution is -2.24. The minimum absolute atomic E-state index is 0.690. The smallest absolute Gasteiger partial charge is 0.148 e. The number of nitrogens with one attached hydrogen (secondary N) is 2. The van der Waals surface area contributed by atoms with Crippen molar-refractivity contribution in [2.45, 2.75) is 45.1 Å². The zero-order chi connectivity index (χ0) is 11.9. The van der Waals surface area contributed by atoms with Gasteiger partial charge in [-0.25, -0.2) is 0 Å². The van der Waals surface area contributed by atoms with E-state index in [0.29, 0.717) is 6.04 Å². The van der Waals surface area contributed by atoms with Crippen molar-refractivity contribution in [1.82, 2.24) is 15.5 Å². The Labute approximate surface area is 103 Å². The molecule has 0 bridgehead atoms. The molecule has 0 saturated carbocycles. The van der Waals surface area contributed by atoms with Gasteiger partial charge in [0.2, 0.25) is 0 Å². The molecule has 2 N–H and O–H groups in total. The van der Waals surface area contributed by atoms with Crippen LogP contribution >= 0.6 is 0 Å². The fourth-order valence-electron chi connectivity index (χ4n) is 2.22. The van der Waals surface area contributed by atoms with E-state index in [1.54, 1.807) is 0 Å². The van der Waals surface area contributed by atoms with Gasteiger partial charge in [-0.05, 0) is 44.4 Å². The summed E-state index contributed by atoms with van der Waals surface area (Å²) in [7, 11) is 0. The van der Waals surface area contributed by atoms with E-state index in [2.05, 4.69) is 33.8 Å². The van der Waals surface area contributed by atoms with Crippen LogP contribution < -0.4 is 10.6 Å². The van der Waals surface area contributed by atoms with Crippen LogP contribution in [0.1, 0.15) is 38.3 Å². The van der Waals surface area contributed by atoms with E-state index >= 15 is 0 Å². The molecule has 2 rings (SSSR count). The van der Waals surface area contributed by atoms with E-state index < -0.39 is 0 Å². The van der Waals surface area contributed by atoms with Crippen LogP contribution in [0.2, 0.25) is 0 Å². The molecule has 4 nitrogen and oxygen atoms in total. The zero-order valence-corrected chi connectivity index (χ0v) is 10.6. The number of rotatable bonds is 6. The Bertz CT molecular complexity index is 317. The molecule has 2 heterocycles. The number of nitrogens with zero attached hydrogens (tertiary/aromatic N) is 2. The quantitative estimate of drug-likeness (QED) is 0.790. The molecule has 1 atom stereocenters. The van der Waals surface area contributed by atoms with Crippen LogP contribution in [-0.4, -0.2) is 29.3 Å². The topological polar surface area (TPSA) is 49.8 Å². The van der Waals surface area contributed by atoms with Gasteiger partial charge in [-0.2, -0.15) is 5.10 Å². The van der Waals surface area contributed by atoms with Crippen molar-refractivity contribution in [3.8, 4) is 0 Å². The molecule has 1 aromatic rings. The lowest BCUT2D eigenvalue weighted by molar-refractivity contribution is 0.574. The number of aromatic nitrogens is 2. The van der Waals surface area contributed by atoms with Crippen LogP contribution in [0.15, 0.2) is 12.1 Å². The summed E-state index contributed by atoms with van der Waals surface area (Å²) in [5.74, 6) is 0.892. The van der Waals surface area contributed by atoms with Gasteiger partial charge in [-0.1, -0.05) is 13.3 Å². The van der Waals surface area contributed by atoms with E-state index in [9.17, 15) is 0 Å². The molecule has 17 heavy (non-hydrogen) atoms. The highest BCUT2D eigenvalue weighted by Crippen LogP contribution is 2.09. The Morgan fingerprint density at radius 1 is 1.41 bits per heavy atom. The van der Waals surface area contributed by atoms with Crippen LogP contribution in [0, 0.1) is 0 Å². The predicted molar refractivity (Wildman–Crippen MR) is 70.2 cm³/mol. The first-order valence-corrected chi connectivity index (χ1v) is 6.68. The molecule has 4 heteroatoms. The molecule has 0 radical (unpaired) electrons. The van der Waals surface area contributed by atoms with E-state index in [0.717, 1.165) is 30.9 Å². The molecular formula is C13H22N4. The van der Waals surface area contributed by atoms with Crippen molar-refractivity contribution in [3.63, 3.8) is 0 Å². The summed E-state index contributed by atoms with van der Waals surface area (Å²) in [6.45, 7) is 4.30. The van der Waals surface area contributed by atoms with E-state index in [1.807, 2.05) is 6.07 Å². The first-order chi connectivity index (χ1) is 8.38. The Hall–Kier alpha value is -1.16. The average Bonchev–Trinajstić information content (AvgIpc) is 2.85. The first-order valence-electron chi connectivity index (χ1n) is 6.68. The Balaban J connectivity index is 1.70. The van der Waals surface area contributed by atoms with Crippen LogP contribution in [0.5, 0.6) is 0 Å². The Morgan fingerprint density at radius 2 is 2.35 bits per heavy atom. The molecule has 0 aromatic carbocycles. The normalized spacial score (nSPS) is 19.5. The molecule has 1 aliphatic rings.